The van der Waals surface area contributed by atoms with Gasteiger partial charge < -0.3 is 15.8 Å². The number of ether oxygens (including phenoxy) is 1. The molecule has 1 rings (SSSR count). The Morgan fingerprint density at radius 3 is 2.37 bits per heavy atom. The molecule has 1 aromatic rings. The van der Waals surface area contributed by atoms with Gasteiger partial charge in [0.05, 0.1) is 7.11 Å². The Balaban J connectivity index is 2.96. The van der Waals surface area contributed by atoms with Crippen molar-refractivity contribution in [2.45, 2.75) is 45.6 Å². The van der Waals surface area contributed by atoms with Gasteiger partial charge in [0.25, 0.3) is 0 Å². The largest absolute Gasteiger partial charge is 0.496 e. The fraction of sp³-hybridized carbons (Fsp3) is 0.625. The molecule has 0 saturated carbocycles. The molecule has 0 heterocycles. The average molecular weight is 264 g/mol. The summed E-state index contributed by atoms with van der Waals surface area (Å²) in [6.45, 7) is 12.3. The zero-order valence-corrected chi connectivity index (χ0v) is 13.1. The van der Waals surface area contributed by atoms with Crippen molar-refractivity contribution in [3.05, 3.63) is 29.3 Å². The highest BCUT2D eigenvalue weighted by atomic mass is 16.5. The topological polar surface area (TPSA) is 47.3 Å². The molecule has 0 aliphatic rings. The normalized spacial score (nSPS) is 12.6. The number of methoxy groups -OCH3 is 1. The molecule has 0 amide bonds. The molecule has 0 spiro atoms. The molecule has 1 aromatic carbocycles. The van der Waals surface area contributed by atoms with Gasteiger partial charge in [-0.15, -0.1) is 0 Å². The second-order valence-electron chi connectivity index (χ2n) is 6.53. The number of benzene rings is 1. The Hall–Kier alpha value is -1.06. The summed E-state index contributed by atoms with van der Waals surface area (Å²) < 4.78 is 5.49. The Morgan fingerprint density at radius 2 is 1.84 bits per heavy atom. The van der Waals surface area contributed by atoms with Gasteiger partial charge in [-0.05, 0) is 26.8 Å². The highest BCUT2D eigenvalue weighted by Gasteiger charge is 2.27. The van der Waals surface area contributed by atoms with Crippen molar-refractivity contribution in [3.8, 4) is 5.75 Å². The smallest absolute Gasteiger partial charge is 0.122 e. The molecule has 0 aliphatic heterocycles. The molecular weight excluding hydrogens is 236 g/mol. The molecule has 0 aliphatic carbocycles. The number of aryl methyl sites for hydroxylation is 1. The lowest BCUT2D eigenvalue weighted by Crippen LogP contribution is -2.50. The van der Waals surface area contributed by atoms with E-state index in [0.29, 0.717) is 6.54 Å². The Labute approximate surface area is 117 Å². The summed E-state index contributed by atoms with van der Waals surface area (Å²) in [5, 5.41) is 3.54. The maximum absolute atomic E-state index is 5.77. The second kappa shape index (κ2) is 5.93. The van der Waals surface area contributed by atoms with Crippen LogP contribution in [0.15, 0.2) is 18.2 Å². The van der Waals surface area contributed by atoms with Gasteiger partial charge in [-0.25, -0.2) is 0 Å². The van der Waals surface area contributed by atoms with Gasteiger partial charge in [-0.3, -0.25) is 0 Å². The van der Waals surface area contributed by atoms with E-state index in [4.69, 9.17) is 10.5 Å². The molecule has 0 unspecified atom stereocenters. The summed E-state index contributed by atoms with van der Waals surface area (Å²) in [4.78, 5) is 0. The van der Waals surface area contributed by atoms with Crippen molar-refractivity contribution in [1.82, 2.24) is 5.32 Å². The molecule has 0 fully saturated rings. The summed E-state index contributed by atoms with van der Waals surface area (Å²) in [7, 11) is 1.72. The van der Waals surface area contributed by atoms with E-state index in [9.17, 15) is 0 Å². The number of hydrogen-bond donors (Lipinski definition) is 2. The molecule has 108 valence electrons. The van der Waals surface area contributed by atoms with Gasteiger partial charge in [0.15, 0.2) is 0 Å². The van der Waals surface area contributed by atoms with Gasteiger partial charge >= 0.3 is 0 Å². The maximum atomic E-state index is 5.77. The third-order valence-corrected chi connectivity index (χ3v) is 3.60. The van der Waals surface area contributed by atoms with E-state index in [1.807, 2.05) is 6.07 Å². The second-order valence-corrected chi connectivity index (χ2v) is 6.53. The van der Waals surface area contributed by atoms with Gasteiger partial charge in [0, 0.05) is 29.6 Å². The van der Waals surface area contributed by atoms with Crippen LogP contribution in [-0.4, -0.2) is 25.7 Å². The van der Waals surface area contributed by atoms with E-state index >= 15 is 0 Å². The van der Waals surface area contributed by atoms with Crippen molar-refractivity contribution < 1.29 is 4.74 Å². The lowest BCUT2D eigenvalue weighted by atomic mass is 9.82. The van der Waals surface area contributed by atoms with Gasteiger partial charge in [0.2, 0.25) is 0 Å². The number of nitrogens with two attached hydrogens (primary N) is 1. The molecule has 0 saturated heterocycles. The summed E-state index contributed by atoms with van der Waals surface area (Å²) in [5.74, 6) is 0.947. The first kappa shape index (κ1) is 16.0. The first-order chi connectivity index (χ1) is 8.72. The summed E-state index contributed by atoms with van der Waals surface area (Å²) in [6, 6.07) is 6.33. The molecule has 0 aromatic heterocycles. The Kier molecular flexibility index (Phi) is 4.99. The predicted molar refractivity (Wildman–Crippen MR) is 81.9 cm³/mol. The Morgan fingerprint density at radius 1 is 1.21 bits per heavy atom. The van der Waals surface area contributed by atoms with E-state index in [1.54, 1.807) is 7.11 Å². The van der Waals surface area contributed by atoms with Crippen molar-refractivity contribution >= 4 is 0 Å². The molecule has 3 N–H and O–H groups in total. The van der Waals surface area contributed by atoms with E-state index in [2.05, 4.69) is 52.1 Å². The van der Waals surface area contributed by atoms with Crippen LogP contribution in [0.25, 0.3) is 0 Å². The minimum atomic E-state index is -0.0473. The van der Waals surface area contributed by atoms with Crippen molar-refractivity contribution in [3.63, 3.8) is 0 Å². The molecule has 0 radical (unpaired) electrons. The zero-order chi connectivity index (χ0) is 14.7. The summed E-state index contributed by atoms with van der Waals surface area (Å²) in [5.41, 5.74) is 8.19. The van der Waals surface area contributed by atoms with Crippen LogP contribution in [-0.2, 0) is 5.41 Å². The van der Waals surface area contributed by atoms with Crippen LogP contribution < -0.4 is 15.8 Å². The first-order valence-corrected chi connectivity index (χ1v) is 6.82. The fourth-order valence-electron chi connectivity index (χ4n) is 1.98. The predicted octanol–water partition coefficient (Wildman–Crippen LogP) is 2.61. The van der Waals surface area contributed by atoms with Gasteiger partial charge in [0.1, 0.15) is 5.75 Å². The van der Waals surface area contributed by atoms with Crippen molar-refractivity contribution in [1.29, 1.82) is 0 Å². The molecule has 0 atom stereocenters. The summed E-state index contributed by atoms with van der Waals surface area (Å²) >= 11 is 0. The lowest BCUT2D eigenvalue weighted by molar-refractivity contribution is 0.335. The van der Waals surface area contributed by atoms with Crippen LogP contribution in [0.5, 0.6) is 5.75 Å². The maximum Gasteiger partial charge on any atom is 0.122 e. The molecular formula is C16H28N2O. The van der Waals surface area contributed by atoms with Gasteiger partial charge in [-0.1, -0.05) is 31.5 Å². The van der Waals surface area contributed by atoms with E-state index in [0.717, 1.165) is 12.3 Å². The first-order valence-electron chi connectivity index (χ1n) is 6.82. The highest BCUT2D eigenvalue weighted by molar-refractivity contribution is 5.42. The zero-order valence-electron chi connectivity index (χ0n) is 13.1. The van der Waals surface area contributed by atoms with Gasteiger partial charge in [-0.2, -0.15) is 0 Å². The average Bonchev–Trinajstić information content (AvgIpc) is 2.37. The molecule has 0 bridgehead atoms. The third-order valence-electron chi connectivity index (χ3n) is 3.60. The highest BCUT2D eigenvalue weighted by Crippen LogP contribution is 2.32. The minimum Gasteiger partial charge on any atom is -0.496 e. The SMILES string of the molecule is COc1ccc(C)cc1C(C)(C)CNC(C)(C)CN. The lowest BCUT2D eigenvalue weighted by Gasteiger charge is -2.33. The van der Waals surface area contributed by atoms with Crippen LogP contribution in [0.2, 0.25) is 0 Å². The minimum absolute atomic E-state index is 0.0101. The third kappa shape index (κ3) is 4.22. The van der Waals surface area contributed by atoms with Crippen LogP contribution >= 0.6 is 0 Å². The molecule has 19 heavy (non-hydrogen) atoms. The quantitative estimate of drug-likeness (QED) is 0.830. The summed E-state index contributed by atoms with van der Waals surface area (Å²) in [6.07, 6.45) is 0. The Bertz CT molecular complexity index is 425. The van der Waals surface area contributed by atoms with Crippen LogP contribution in [0.4, 0.5) is 0 Å². The number of rotatable bonds is 6. The van der Waals surface area contributed by atoms with Crippen molar-refractivity contribution in [2.75, 3.05) is 20.2 Å². The molecule has 3 heteroatoms. The van der Waals surface area contributed by atoms with Crippen LogP contribution in [0.3, 0.4) is 0 Å². The number of nitrogens with one attached hydrogen (secondary N) is 1. The monoisotopic (exact) mass is 264 g/mol. The van der Waals surface area contributed by atoms with E-state index in [1.165, 1.54) is 11.1 Å². The van der Waals surface area contributed by atoms with E-state index < -0.39 is 0 Å². The van der Waals surface area contributed by atoms with Crippen LogP contribution in [0, 0.1) is 6.92 Å². The molecule has 3 nitrogen and oxygen atoms in total. The van der Waals surface area contributed by atoms with Crippen molar-refractivity contribution in [2.24, 2.45) is 5.73 Å². The van der Waals surface area contributed by atoms with E-state index in [-0.39, 0.29) is 11.0 Å². The van der Waals surface area contributed by atoms with Crippen LogP contribution in [0.1, 0.15) is 38.8 Å². The number of hydrogen-bond acceptors (Lipinski definition) is 3. The fourth-order valence-corrected chi connectivity index (χ4v) is 1.98. The standard InChI is InChI=1S/C16H28N2O/c1-12-7-8-14(19-6)13(9-12)15(2,3)11-18-16(4,5)10-17/h7-9,18H,10-11,17H2,1-6H3.